The Morgan fingerprint density at radius 1 is 1.22 bits per heavy atom. The molecule has 4 nitrogen and oxygen atoms in total. The number of hydrogen-bond acceptors (Lipinski definition) is 3. The van der Waals surface area contributed by atoms with Gasteiger partial charge in [-0.05, 0) is 30.2 Å². The standard InChI is InChI=1S/C14H12NO3/c1-10-6-7-14(18-2)13(8-10)11-4-3-5-12(9-11)15(16)17/h3-9H,1H2,2H3. The summed E-state index contributed by atoms with van der Waals surface area (Å²) in [5.41, 5.74) is 2.43. The van der Waals surface area contributed by atoms with E-state index in [1.807, 2.05) is 18.2 Å². The fourth-order valence-electron chi connectivity index (χ4n) is 1.77. The van der Waals surface area contributed by atoms with E-state index < -0.39 is 4.92 Å². The predicted molar refractivity (Wildman–Crippen MR) is 69.5 cm³/mol. The van der Waals surface area contributed by atoms with E-state index in [2.05, 4.69) is 6.92 Å². The van der Waals surface area contributed by atoms with Gasteiger partial charge in [-0.3, -0.25) is 10.1 Å². The summed E-state index contributed by atoms with van der Waals surface area (Å²) in [5, 5.41) is 10.8. The molecule has 2 rings (SSSR count). The molecule has 4 heteroatoms. The van der Waals surface area contributed by atoms with Crippen LogP contribution in [0.2, 0.25) is 0 Å². The van der Waals surface area contributed by atoms with Crippen LogP contribution in [0.4, 0.5) is 5.69 Å². The molecule has 0 saturated heterocycles. The van der Waals surface area contributed by atoms with Gasteiger partial charge in [-0.15, -0.1) is 0 Å². The largest absolute Gasteiger partial charge is 0.496 e. The Morgan fingerprint density at radius 2 is 2.00 bits per heavy atom. The highest BCUT2D eigenvalue weighted by Crippen LogP contribution is 2.32. The first-order valence-corrected chi connectivity index (χ1v) is 5.36. The van der Waals surface area contributed by atoms with Gasteiger partial charge in [0.25, 0.3) is 5.69 Å². The highest BCUT2D eigenvalue weighted by atomic mass is 16.6. The first kappa shape index (κ1) is 12.1. The molecule has 0 bridgehead atoms. The van der Waals surface area contributed by atoms with Gasteiger partial charge < -0.3 is 4.74 Å². The number of nitro groups is 1. The molecule has 0 N–H and O–H groups in total. The van der Waals surface area contributed by atoms with Gasteiger partial charge in [0.15, 0.2) is 0 Å². The topological polar surface area (TPSA) is 52.4 Å². The summed E-state index contributed by atoms with van der Waals surface area (Å²) in [5.74, 6) is 0.669. The molecule has 0 amide bonds. The lowest BCUT2D eigenvalue weighted by Gasteiger charge is -2.09. The fourth-order valence-corrected chi connectivity index (χ4v) is 1.77. The summed E-state index contributed by atoms with van der Waals surface area (Å²) in [6.07, 6.45) is 0. The lowest BCUT2D eigenvalue weighted by atomic mass is 10.0. The highest BCUT2D eigenvalue weighted by Gasteiger charge is 2.10. The Morgan fingerprint density at radius 3 is 2.67 bits per heavy atom. The minimum absolute atomic E-state index is 0.0593. The number of nitrogens with zero attached hydrogens (tertiary/aromatic N) is 1. The van der Waals surface area contributed by atoms with Crippen molar-refractivity contribution in [3.05, 3.63) is 65.1 Å². The van der Waals surface area contributed by atoms with E-state index in [0.29, 0.717) is 5.75 Å². The van der Waals surface area contributed by atoms with Crippen LogP contribution in [0.5, 0.6) is 5.75 Å². The Kier molecular flexibility index (Phi) is 3.28. The molecular weight excluding hydrogens is 230 g/mol. The maximum Gasteiger partial charge on any atom is 0.270 e. The summed E-state index contributed by atoms with van der Waals surface area (Å²) in [6.45, 7) is 3.85. The lowest BCUT2D eigenvalue weighted by molar-refractivity contribution is -0.384. The maximum atomic E-state index is 10.8. The van der Waals surface area contributed by atoms with Crippen LogP contribution in [-0.2, 0) is 0 Å². The third-order valence-corrected chi connectivity index (χ3v) is 2.63. The number of rotatable bonds is 3. The molecule has 0 heterocycles. The molecule has 0 aliphatic carbocycles. The van der Waals surface area contributed by atoms with Crippen LogP contribution in [0.15, 0.2) is 42.5 Å². The monoisotopic (exact) mass is 242 g/mol. The molecule has 0 fully saturated rings. The molecular formula is C14H12NO3. The molecule has 91 valence electrons. The molecule has 1 radical (unpaired) electrons. The van der Waals surface area contributed by atoms with Gasteiger partial charge in [0.1, 0.15) is 5.75 Å². The highest BCUT2D eigenvalue weighted by molar-refractivity contribution is 5.73. The average Bonchev–Trinajstić information content (AvgIpc) is 2.39. The summed E-state index contributed by atoms with van der Waals surface area (Å²) in [4.78, 5) is 10.4. The van der Waals surface area contributed by atoms with Crippen molar-refractivity contribution >= 4 is 5.69 Å². The van der Waals surface area contributed by atoms with E-state index in [0.717, 1.165) is 16.7 Å². The van der Waals surface area contributed by atoms with Crippen LogP contribution in [0.1, 0.15) is 5.56 Å². The number of benzene rings is 2. The van der Waals surface area contributed by atoms with E-state index in [4.69, 9.17) is 4.74 Å². The molecule has 0 aliphatic heterocycles. The van der Waals surface area contributed by atoms with Crippen molar-refractivity contribution in [2.24, 2.45) is 0 Å². The molecule has 0 atom stereocenters. The van der Waals surface area contributed by atoms with Gasteiger partial charge >= 0.3 is 0 Å². The Bertz CT molecular complexity index is 593. The number of ether oxygens (including phenoxy) is 1. The molecule has 2 aromatic carbocycles. The Labute approximate surface area is 105 Å². The van der Waals surface area contributed by atoms with Crippen molar-refractivity contribution < 1.29 is 9.66 Å². The van der Waals surface area contributed by atoms with Crippen LogP contribution < -0.4 is 4.74 Å². The smallest absolute Gasteiger partial charge is 0.270 e. The van der Waals surface area contributed by atoms with E-state index in [1.54, 1.807) is 19.2 Å². The second-order valence-corrected chi connectivity index (χ2v) is 3.84. The van der Waals surface area contributed by atoms with Crippen molar-refractivity contribution in [2.75, 3.05) is 7.11 Å². The van der Waals surface area contributed by atoms with Crippen LogP contribution in [0.25, 0.3) is 11.1 Å². The van der Waals surface area contributed by atoms with Crippen LogP contribution in [0, 0.1) is 17.0 Å². The molecule has 18 heavy (non-hydrogen) atoms. The lowest BCUT2D eigenvalue weighted by Crippen LogP contribution is -1.91. The summed E-state index contributed by atoms with van der Waals surface area (Å²) in [7, 11) is 1.57. The number of non-ortho nitro benzene ring substituents is 1. The van der Waals surface area contributed by atoms with Gasteiger partial charge in [-0.2, -0.15) is 0 Å². The predicted octanol–water partition coefficient (Wildman–Crippen LogP) is 3.45. The minimum Gasteiger partial charge on any atom is -0.496 e. The van der Waals surface area contributed by atoms with Gasteiger partial charge in [0, 0.05) is 17.7 Å². The zero-order chi connectivity index (χ0) is 13.1. The number of nitro benzene ring substituents is 1. The van der Waals surface area contributed by atoms with E-state index in [9.17, 15) is 10.1 Å². The molecule has 0 saturated carbocycles. The van der Waals surface area contributed by atoms with Crippen molar-refractivity contribution in [1.82, 2.24) is 0 Å². The van der Waals surface area contributed by atoms with Crippen molar-refractivity contribution in [3.8, 4) is 16.9 Å². The van der Waals surface area contributed by atoms with Crippen LogP contribution >= 0.6 is 0 Å². The molecule has 0 aromatic heterocycles. The van der Waals surface area contributed by atoms with Gasteiger partial charge in [-0.1, -0.05) is 18.2 Å². The van der Waals surface area contributed by atoms with E-state index in [1.165, 1.54) is 12.1 Å². The normalized spacial score (nSPS) is 10.1. The van der Waals surface area contributed by atoms with Crippen molar-refractivity contribution in [2.45, 2.75) is 0 Å². The van der Waals surface area contributed by atoms with Crippen molar-refractivity contribution in [3.63, 3.8) is 0 Å². The first-order valence-electron chi connectivity index (χ1n) is 5.36. The Balaban J connectivity index is 2.57. The van der Waals surface area contributed by atoms with Gasteiger partial charge in [0.2, 0.25) is 0 Å². The zero-order valence-corrected chi connectivity index (χ0v) is 9.92. The number of methoxy groups -OCH3 is 1. The first-order chi connectivity index (χ1) is 8.61. The molecule has 0 spiro atoms. The van der Waals surface area contributed by atoms with Gasteiger partial charge in [-0.25, -0.2) is 0 Å². The molecule has 0 unspecified atom stereocenters. The summed E-state index contributed by atoms with van der Waals surface area (Å²) in [6, 6.07) is 11.9. The maximum absolute atomic E-state index is 10.8. The summed E-state index contributed by atoms with van der Waals surface area (Å²) >= 11 is 0. The van der Waals surface area contributed by atoms with E-state index >= 15 is 0 Å². The Hall–Kier alpha value is -2.36. The minimum atomic E-state index is -0.413. The fraction of sp³-hybridized carbons (Fsp3) is 0.0714. The zero-order valence-electron chi connectivity index (χ0n) is 9.92. The average molecular weight is 242 g/mol. The second-order valence-electron chi connectivity index (χ2n) is 3.84. The molecule has 0 aliphatic rings. The van der Waals surface area contributed by atoms with E-state index in [-0.39, 0.29) is 5.69 Å². The summed E-state index contributed by atoms with van der Waals surface area (Å²) < 4.78 is 5.26. The van der Waals surface area contributed by atoms with Crippen LogP contribution in [-0.4, -0.2) is 12.0 Å². The SMILES string of the molecule is [CH2]c1ccc(OC)c(-c2cccc([N+](=O)[O-])c2)c1. The van der Waals surface area contributed by atoms with Gasteiger partial charge in [0.05, 0.1) is 12.0 Å². The quantitative estimate of drug-likeness (QED) is 0.611. The number of hydrogen-bond donors (Lipinski definition) is 0. The van der Waals surface area contributed by atoms with Crippen LogP contribution in [0.3, 0.4) is 0 Å². The third-order valence-electron chi connectivity index (χ3n) is 2.63. The second kappa shape index (κ2) is 4.87. The molecule has 2 aromatic rings. The third kappa shape index (κ3) is 2.32. The van der Waals surface area contributed by atoms with Crippen molar-refractivity contribution in [1.29, 1.82) is 0 Å².